The number of rotatable bonds is 3. The number of likely N-dealkylation sites (tertiary alicyclic amines) is 1. The van der Waals surface area contributed by atoms with Gasteiger partial charge in [0.1, 0.15) is 5.82 Å². The van der Waals surface area contributed by atoms with Crippen molar-refractivity contribution in [2.45, 2.75) is 30.7 Å². The van der Waals surface area contributed by atoms with Crippen LogP contribution in [0.3, 0.4) is 0 Å². The predicted molar refractivity (Wildman–Crippen MR) is 80.9 cm³/mol. The van der Waals surface area contributed by atoms with Gasteiger partial charge in [-0.1, -0.05) is 6.92 Å². The molecule has 0 radical (unpaired) electrons. The van der Waals surface area contributed by atoms with Crippen LogP contribution in [0, 0.1) is 5.82 Å². The lowest BCUT2D eigenvalue weighted by Gasteiger charge is -2.36. The van der Waals surface area contributed by atoms with Gasteiger partial charge in [-0.25, -0.2) is 4.39 Å². The first-order valence-corrected chi connectivity index (χ1v) is 7.45. The Morgan fingerprint density at radius 2 is 2.10 bits per heavy atom. The molecule has 0 aromatic heterocycles. The van der Waals surface area contributed by atoms with Crippen molar-refractivity contribution in [2.75, 3.05) is 26.7 Å². The molecule has 1 heterocycles. The topological polar surface area (TPSA) is 23.6 Å². The minimum absolute atomic E-state index is 0.109. The zero-order valence-electron chi connectivity index (χ0n) is 12.0. The summed E-state index contributed by atoms with van der Waals surface area (Å²) < 4.78 is 13.8. The average Bonchev–Trinajstić information content (AvgIpc) is 2.48. The molecule has 1 aliphatic rings. The number of amides is 1. The van der Waals surface area contributed by atoms with Crippen molar-refractivity contribution in [1.82, 2.24) is 9.80 Å². The van der Waals surface area contributed by atoms with Crippen molar-refractivity contribution >= 4 is 18.5 Å². The van der Waals surface area contributed by atoms with Crippen molar-refractivity contribution in [1.29, 1.82) is 0 Å². The van der Waals surface area contributed by atoms with E-state index >= 15 is 0 Å². The fourth-order valence-corrected chi connectivity index (χ4v) is 2.86. The normalized spacial score (nSPS) is 17.2. The van der Waals surface area contributed by atoms with Gasteiger partial charge in [-0.2, -0.15) is 0 Å². The van der Waals surface area contributed by atoms with E-state index in [0.29, 0.717) is 4.90 Å². The molecular formula is C15H21FN2OS. The summed E-state index contributed by atoms with van der Waals surface area (Å²) in [7, 11) is 1.76. The SMILES string of the molecule is CCN1CCC(N(C)C(=O)c2cc(S)ccc2F)CC1. The molecule has 3 nitrogen and oxygen atoms in total. The third kappa shape index (κ3) is 3.33. The summed E-state index contributed by atoms with van der Waals surface area (Å²) in [4.78, 5) is 17.1. The number of carbonyl (C=O) groups is 1. The van der Waals surface area contributed by atoms with Crippen LogP contribution in [0.2, 0.25) is 0 Å². The van der Waals surface area contributed by atoms with Gasteiger partial charge in [0.2, 0.25) is 0 Å². The van der Waals surface area contributed by atoms with Gasteiger partial charge < -0.3 is 9.80 Å². The second kappa shape index (κ2) is 6.59. The molecule has 0 unspecified atom stereocenters. The maximum Gasteiger partial charge on any atom is 0.256 e. The second-order valence-electron chi connectivity index (χ2n) is 5.25. The molecule has 1 amide bonds. The second-order valence-corrected chi connectivity index (χ2v) is 5.76. The van der Waals surface area contributed by atoms with Crippen LogP contribution in [0.1, 0.15) is 30.1 Å². The molecule has 1 aromatic rings. The molecule has 0 N–H and O–H groups in total. The number of nitrogens with zero attached hydrogens (tertiary/aromatic N) is 2. The van der Waals surface area contributed by atoms with Gasteiger partial charge in [0, 0.05) is 31.1 Å². The van der Waals surface area contributed by atoms with E-state index in [1.807, 2.05) is 0 Å². The lowest BCUT2D eigenvalue weighted by atomic mass is 10.0. The zero-order chi connectivity index (χ0) is 14.7. The summed E-state index contributed by atoms with van der Waals surface area (Å²) in [6, 6.07) is 4.53. The first-order valence-electron chi connectivity index (χ1n) is 7.01. The van der Waals surface area contributed by atoms with Crippen LogP contribution in [0.4, 0.5) is 4.39 Å². The number of hydrogen-bond acceptors (Lipinski definition) is 3. The van der Waals surface area contributed by atoms with Crippen molar-refractivity contribution in [2.24, 2.45) is 0 Å². The van der Waals surface area contributed by atoms with Gasteiger partial charge in [0.15, 0.2) is 0 Å². The third-order valence-corrected chi connectivity index (χ3v) is 4.33. The van der Waals surface area contributed by atoms with Crippen LogP contribution in [-0.4, -0.2) is 48.4 Å². The van der Waals surface area contributed by atoms with Gasteiger partial charge in [-0.3, -0.25) is 4.79 Å². The van der Waals surface area contributed by atoms with Crippen LogP contribution in [0.15, 0.2) is 23.1 Å². The third-order valence-electron chi connectivity index (χ3n) is 4.05. The minimum Gasteiger partial charge on any atom is -0.339 e. The predicted octanol–water partition coefficient (Wildman–Crippen LogP) is 2.67. The van der Waals surface area contributed by atoms with E-state index in [9.17, 15) is 9.18 Å². The smallest absolute Gasteiger partial charge is 0.256 e. The number of carbonyl (C=O) groups excluding carboxylic acids is 1. The highest BCUT2D eigenvalue weighted by atomic mass is 32.1. The van der Waals surface area contributed by atoms with E-state index in [2.05, 4.69) is 24.5 Å². The van der Waals surface area contributed by atoms with E-state index < -0.39 is 5.82 Å². The Morgan fingerprint density at radius 1 is 1.45 bits per heavy atom. The van der Waals surface area contributed by atoms with E-state index in [1.54, 1.807) is 18.0 Å². The summed E-state index contributed by atoms with van der Waals surface area (Å²) in [6.45, 7) is 5.17. The fourth-order valence-electron chi connectivity index (χ4n) is 2.66. The maximum atomic E-state index is 13.8. The molecule has 5 heteroatoms. The van der Waals surface area contributed by atoms with Gasteiger partial charge in [-0.05, 0) is 37.6 Å². The van der Waals surface area contributed by atoms with E-state index in [-0.39, 0.29) is 17.5 Å². The Bertz CT molecular complexity index is 487. The summed E-state index contributed by atoms with van der Waals surface area (Å²) in [5, 5.41) is 0. The van der Waals surface area contributed by atoms with Gasteiger partial charge in [-0.15, -0.1) is 12.6 Å². The quantitative estimate of drug-likeness (QED) is 0.867. The fraction of sp³-hybridized carbons (Fsp3) is 0.533. The molecule has 2 rings (SSSR count). The molecule has 1 saturated heterocycles. The number of hydrogen-bond donors (Lipinski definition) is 1. The molecule has 20 heavy (non-hydrogen) atoms. The first kappa shape index (κ1) is 15.3. The standard InChI is InChI=1S/C15H21FN2OS/c1-3-18-8-6-11(7-9-18)17(2)15(19)13-10-12(20)4-5-14(13)16/h4-5,10-11,20H,3,6-9H2,1-2H3. The van der Waals surface area contributed by atoms with Crippen LogP contribution in [0.5, 0.6) is 0 Å². The number of thiol groups is 1. The summed E-state index contributed by atoms with van der Waals surface area (Å²) in [5.41, 5.74) is 0.109. The molecule has 110 valence electrons. The maximum absolute atomic E-state index is 13.8. The highest BCUT2D eigenvalue weighted by Crippen LogP contribution is 2.20. The number of piperidine rings is 1. The number of halogens is 1. The molecule has 0 aliphatic carbocycles. The lowest BCUT2D eigenvalue weighted by Crippen LogP contribution is -2.45. The van der Waals surface area contributed by atoms with Gasteiger partial charge >= 0.3 is 0 Å². The largest absolute Gasteiger partial charge is 0.339 e. The van der Waals surface area contributed by atoms with Crippen molar-refractivity contribution < 1.29 is 9.18 Å². The van der Waals surface area contributed by atoms with Crippen LogP contribution in [0.25, 0.3) is 0 Å². The summed E-state index contributed by atoms with van der Waals surface area (Å²) >= 11 is 4.17. The van der Waals surface area contributed by atoms with Crippen molar-refractivity contribution in [3.05, 3.63) is 29.6 Å². The molecule has 1 fully saturated rings. The van der Waals surface area contributed by atoms with E-state index in [1.165, 1.54) is 12.1 Å². The molecule has 1 aromatic carbocycles. The molecule has 0 spiro atoms. The molecule has 0 saturated carbocycles. The molecule has 0 bridgehead atoms. The van der Waals surface area contributed by atoms with E-state index in [4.69, 9.17) is 0 Å². The van der Waals surface area contributed by atoms with Crippen molar-refractivity contribution in [3.63, 3.8) is 0 Å². The van der Waals surface area contributed by atoms with E-state index in [0.717, 1.165) is 32.5 Å². The first-order chi connectivity index (χ1) is 9.52. The Morgan fingerprint density at radius 3 is 2.70 bits per heavy atom. The van der Waals surface area contributed by atoms with Crippen LogP contribution >= 0.6 is 12.6 Å². The Kier molecular flexibility index (Phi) is 5.05. The Hall–Kier alpha value is -1.07. The minimum atomic E-state index is -0.481. The monoisotopic (exact) mass is 296 g/mol. The molecule has 1 aliphatic heterocycles. The summed E-state index contributed by atoms with van der Waals surface area (Å²) in [5.74, 6) is -0.737. The van der Waals surface area contributed by atoms with Crippen LogP contribution in [-0.2, 0) is 0 Å². The van der Waals surface area contributed by atoms with Gasteiger partial charge in [0.05, 0.1) is 5.56 Å². The summed E-state index contributed by atoms with van der Waals surface area (Å²) in [6.07, 6.45) is 1.89. The number of benzene rings is 1. The molecular weight excluding hydrogens is 275 g/mol. The zero-order valence-corrected chi connectivity index (χ0v) is 12.9. The Labute approximate surface area is 125 Å². The van der Waals surface area contributed by atoms with Gasteiger partial charge in [0.25, 0.3) is 5.91 Å². The Balaban J connectivity index is 2.07. The average molecular weight is 296 g/mol. The lowest BCUT2D eigenvalue weighted by molar-refractivity contribution is 0.0642. The van der Waals surface area contributed by atoms with Crippen LogP contribution < -0.4 is 0 Å². The van der Waals surface area contributed by atoms with Crippen molar-refractivity contribution in [3.8, 4) is 0 Å². The highest BCUT2D eigenvalue weighted by Gasteiger charge is 2.26. The highest BCUT2D eigenvalue weighted by molar-refractivity contribution is 7.80. The molecule has 0 atom stereocenters.